The Kier molecular flexibility index (Phi) is 5.79. The summed E-state index contributed by atoms with van der Waals surface area (Å²) in [5.74, 6) is -3.04. The summed E-state index contributed by atoms with van der Waals surface area (Å²) < 4.78 is 54.3. The number of alkyl halides is 3. The van der Waals surface area contributed by atoms with Crippen LogP contribution in [-0.2, 0) is 21.2 Å². The fourth-order valence-electron chi connectivity index (χ4n) is 4.48. The largest absolute Gasteiger partial charge is 0.480 e. The second-order valence-corrected chi connectivity index (χ2v) is 8.03. The summed E-state index contributed by atoms with van der Waals surface area (Å²) in [6.07, 6.45) is -5.40. The number of hydrogen-bond acceptors (Lipinski definition) is 4. The molecular formula is C24H16F4N2O5. The number of carboxylic acid groups (broad SMARTS) is 1. The molecule has 2 atom stereocenters. The lowest BCUT2D eigenvalue weighted by Crippen LogP contribution is -2.42. The number of non-ortho nitro benzene ring substituents is 1. The number of benzene rings is 3. The zero-order valence-corrected chi connectivity index (χ0v) is 17.7. The van der Waals surface area contributed by atoms with Crippen LogP contribution in [0, 0.1) is 15.9 Å². The van der Waals surface area contributed by atoms with Gasteiger partial charge in [0.2, 0.25) is 5.91 Å². The maximum absolute atomic E-state index is 14.2. The van der Waals surface area contributed by atoms with Crippen molar-refractivity contribution in [2.45, 2.75) is 24.1 Å². The summed E-state index contributed by atoms with van der Waals surface area (Å²) in [6, 6.07) is 11.7. The number of carbonyl (C=O) groups is 2. The van der Waals surface area contributed by atoms with Gasteiger partial charge in [-0.1, -0.05) is 30.3 Å². The van der Waals surface area contributed by atoms with Crippen molar-refractivity contribution in [1.29, 1.82) is 0 Å². The average Bonchev–Trinajstić information content (AvgIpc) is 3.13. The van der Waals surface area contributed by atoms with Crippen LogP contribution < -0.4 is 4.90 Å². The minimum Gasteiger partial charge on any atom is -0.480 e. The van der Waals surface area contributed by atoms with Crippen molar-refractivity contribution < 1.29 is 37.2 Å². The molecule has 1 aliphatic rings. The van der Waals surface area contributed by atoms with Crippen molar-refractivity contribution in [3.05, 3.63) is 105 Å². The Morgan fingerprint density at radius 2 is 1.71 bits per heavy atom. The number of hydrogen-bond donors (Lipinski definition) is 1. The third kappa shape index (κ3) is 4.09. The highest BCUT2D eigenvalue weighted by molar-refractivity contribution is 6.05. The fourth-order valence-corrected chi connectivity index (χ4v) is 4.48. The lowest BCUT2D eigenvalue weighted by atomic mass is 9.71. The third-order valence-electron chi connectivity index (χ3n) is 6.01. The molecule has 1 N–H and O–H groups in total. The van der Waals surface area contributed by atoms with Crippen LogP contribution in [0.5, 0.6) is 0 Å². The monoisotopic (exact) mass is 488 g/mol. The predicted octanol–water partition coefficient (Wildman–Crippen LogP) is 5.25. The molecule has 11 heteroatoms. The van der Waals surface area contributed by atoms with Crippen LogP contribution in [0.1, 0.15) is 29.2 Å². The van der Waals surface area contributed by atoms with Crippen molar-refractivity contribution >= 4 is 23.3 Å². The summed E-state index contributed by atoms with van der Waals surface area (Å²) in [5, 5.41) is 21.4. The fraction of sp³-hybridized carbons (Fsp3) is 0.167. The van der Waals surface area contributed by atoms with Gasteiger partial charge in [0.15, 0.2) is 0 Å². The van der Waals surface area contributed by atoms with Gasteiger partial charge in [-0.25, -0.2) is 4.39 Å². The number of nitro benzene ring substituents is 1. The topological polar surface area (TPSA) is 101 Å². The first kappa shape index (κ1) is 23.9. The van der Waals surface area contributed by atoms with E-state index >= 15 is 0 Å². The van der Waals surface area contributed by atoms with Gasteiger partial charge >= 0.3 is 12.1 Å². The van der Waals surface area contributed by atoms with E-state index < -0.39 is 52.2 Å². The number of halogens is 4. The number of amides is 1. The summed E-state index contributed by atoms with van der Waals surface area (Å²) in [5.41, 5.74) is -3.63. The van der Waals surface area contributed by atoms with E-state index in [1.54, 1.807) is 0 Å². The zero-order valence-electron chi connectivity index (χ0n) is 17.7. The summed E-state index contributed by atoms with van der Waals surface area (Å²) >= 11 is 0. The minimum atomic E-state index is -4.73. The molecule has 1 heterocycles. The molecule has 0 spiro atoms. The van der Waals surface area contributed by atoms with Gasteiger partial charge in [0.25, 0.3) is 5.69 Å². The van der Waals surface area contributed by atoms with E-state index in [4.69, 9.17) is 0 Å². The van der Waals surface area contributed by atoms with Crippen LogP contribution in [-0.4, -0.2) is 21.9 Å². The van der Waals surface area contributed by atoms with Crippen molar-refractivity contribution in [3.63, 3.8) is 0 Å². The molecule has 7 nitrogen and oxygen atoms in total. The molecule has 1 amide bonds. The van der Waals surface area contributed by atoms with Gasteiger partial charge in [-0.3, -0.25) is 19.7 Å². The average molecular weight is 488 g/mol. The van der Waals surface area contributed by atoms with Crippen LogP contribution in [0.4, 0.5) is 28.9 Å². The number of rotatable bonds is 5. The Labute approximate surface area is 195 Å². The molecule has 3 aromatic carbocycles. The maximum Gasteiger partial charge on any atom is 0.416 e. The molecule has 1 fully saturated rings. The number of aliphatic carboxylic acids is 1. The molecule has 3 aromatic rings. The second kappa shape index (κ2) is 8.49. The minimum absolute atomic E-state index is 0.00712. The molecule has 1 saturated heterocycles. The molecule has 35 heavy (non-hydrogen) atoms. The molecular weight excluding hydrogens is 472 g/mol. The standard InChI is InChI=1S/C24H16F4N2O5/c25-17-5-1-3-14(11-17)21-23(22(32)33,15-7-9-18(10-8-15)30(34)35)13-20(31)29(21)19-6-2-4-16(12-19)24(26,27)28/h1-12,21H,13H2,(H,32,33)/t21-,23-/m1/s1. The quantitative estimate of drug-likeness (QED) is 0.300. The van der Waals surface area contributed by atoms with Gasteiger partial charge < -0.3 is 10.0 Å². The molecule has 0 aromatic heterocycles. The van der Waals surface area contributed by atoms with E-state index in [0.717, 1.165) is 47.4 Å². The molecule has 180 valence electrons. The van der Waals surface area contributed by atoms with Gasteiger partial charge in [0.05, 0.1) is 16.5 Å². The Morgan fingerprint density at radius 1 is 1.06 bits per heavy atom. The Morgan fingerprint density at radius 3 is 2.29 bits per heavy atom. The highest BCUT2D eigenvalue weighted by Crippen LogP contribution is 2.52. The number of nitro groups is 1. The molecule has 0 aliphatic carbocycles. The first-order chi connectivity index (χ1) is 16.4. The van der Waals surface area contributed by atoms with Crippen molar-refractivity contribution in [2.24, 2.45) is 0 Å². The van der Waals surface area contributed by atoms with E-state index in [-0.39, 0.29) is 22.5 Å². The molecule has 0 radical (unpaired) electrons. The lowest BCUT2D eigenvalue weighted by Gasteiger charge is -2.35. The van der Waals surface area contributed by atoms with Crippen LogP contribution in [0.15, 0.2) is 72.8 Å². The smallest absolute Gasteiger partial charge is 0.416 e. The van der Waals surface area contributed by atoms with Gasteiger partial charge in [-0.2, -0.15) is 13.2 Å². The van der Waals surface area contributed by atoms with Gasteiger partial charge in [0.1, 0.15) is 11.2 Å². The number of carbonyl (C=O) groups excluding carboxylic acids is 1. The molecule has 1 aliphatic heterocycles. The Hall–Kier alpha value is -4.28. The van der Waals surface area contributed by atoms with Gasteiger partial charge in [-0.15, -0.1) is 0 Å². The first-order valence-corrected chi connectivity index (χ1v) is 10.2. The molecule has 0 unspecified atom stereocenters. The lowest BCUT2D eigenvalue weighted by molar-refractivity contribution is -0.384. The summed E-state index contributed by atoms with van der Waals surface area (Å²) in [4.78, 5) is 37.3. The normalized spacial score (nSPS) is 20.2. The van der Waals surface area contributed by atoms with Gasteiger partial charge in [0, 0.05) is 24.2 Å². The highest BCUT2D eigenvalue weighted by atomic mass is 19.4. The molecule has 0 bridgehead atoms. The van der Waals surface area contributed by atoms with Gasteiger partial charge in [-0.05, 0) is 41.5 Å². The predicted molar refractivity (Wildman–Crippen MR) is 115 cm³/mol. The molecule has 0 saturated carbocycles. The van der Waals surface area contributed by atoms with Crippen molar-refractivity contribution in [3.8, 4) is 0 Å². The van der Waals surface area contributed by atoms with E-state index in [1.165, 1.54) is 30.3 Å². The van der Waals surface area contributed by atoms with Crippen LogP contribution >= 0.6 is 0 Å². The maximum atomic E-state index is 14.2. The van der Waals surface area contributed by atoms with E-state index in [0.29, 0.717) is 0 Å². The highest BCUT2D eigenvalue weighted by Gasteiger charge is 2.59. The number of anilines is 1. The van der Waals surface area contributed by atoms with E-state index in [1.807, 2.05) is 0 Å². The summed E-state index contributed by atoms with van der Waals surface area (Å²) in [6.45, 7) is 0. The van der Waals surface area contributed by atoms with Crippen LogP contribution in [0.25, 0.3) is 0 Å². The SMILES string of the molecule is O=C1C[C@@](C(=O)O)(c2ccc([N+](=O)[O-])cc2)[C@@H](c2cccc(F)c2)N1c1cccc(C(F)(F)F)c1. The second-order valence-electron chi connectivity index (χ2n) is 8.03. The van der Waals surface area contributed by atoms with Crippen molar-refractivity contribution in [2.75, 3.05) is 4.90 Å². The first-order valence-electron chi connectivity index (χ1n) is 10.2. The Bertz CT molecular complexity index is 1330. The molecule has 4 rings (SSSR count). The number of carboxylic acids is 1. The van der Waals surface area contributed by atoms with E-state index in [9.17, 15) is 42.4 Å². The summed E-state index contributed by atoms with van der Waals surface area (Å²) in [7, 11) is 0. The zero-order chi connectivity index (χ0) is 25.5. The van der Waals surface area contributed by atoms with Crippen molar-refractivity contribution in [1.82, 2.24) is 0 Å². The van der Waals surface area contributed by atoms with Crippen LogP contribution in [0.2, 0.25) is 0 Å². The third-order valence-corrected chi connectivity index (χ3v) is 6.01. The Balaban J connectivity index is 1.97. The van der Waals surface area contributed by atoms with Crippen LogP contribution in [0.3, 0.4) is 0 Å². The number of nitrogens with zero attached hydrogens (tertiary/aromatic N) is 2. The van der Waals surface area contributed by atoms with E-state index in [2.05, 4.69) is 0 Å².